The molecular formula is C14H18N4O2. The molecule has 0 saturated carbocycles. The van der Waals surface area contributed by atoms with E-state index >= 15 is 0 Å². The number of anilines is 1. The van der Waals surface area contributed by atoms with Crippen LogP contribution in [-0.2, 0) is 11.2 Å². The molecule has 106 valence electrons. The number of nitrogens with two attached hydrogens (primary N) is 1. The number of hydrogen-bond acceptors (Lipinski definition) is 4. The molecule has 0 spiro atoms. The van der Waals surface area contributed by atoms with Crippen molar-refractivity contribution in [1.82, 2.24) is 15.1 Å². The number of amides is 1. The first-order valence-corrected chi connectivity index (χ1v) is 6.81. The van der Waals surface area contributed by atoms with Gasteiger partial charge in [0.1, 0.15) is 0 Å². The van der Waals surface area contributed by atoms with Crippen LogP contribution in [0.1, 0.15) is 30.0 Å². The number of aryl methyl sites for hydroxylation is 1. The highest BCUT2D eigenvalue weighted by atomic mass is 16.3. The Morgan fingerprint density at radius 3 is 3.20 bits per heavy atom. The number of nitrogen functional groups attached to an aromatic ring is 1. The largest absolute Gasteiger partial charge is 0.472 e. The van der Waals surface area contributed by atoms with Gasteiger partial charge in [0.2, 0.25) is 5.91 Å². The predicted molar refractivity (Wildman–Crippen MR) is 74.0 cm³/mol. The van der Waals surface area contributed by atoms with Gasteiger partial charge in [0.05, 0.1) is 30.1 Å². The average molecular weight is 274 g/mol. The minimum absolute atomic E-state index is 0.187. The number of aromatic amines is 1. The zero-order valence-electron chi connectivity index (χ0n) is 11.2. The molecule has 6 heteroatoms. The van der Waals surface area contributed by atoms with Crippen LogP contribution in [-0.4, -0.2) is 34.1 Å². The Kier molecular flexibility index (Phi) is 3.45. The van der Waals surface area contributed by atoms with Gasteiger partial charge in [0.25, 0.3) is 0 Å². The summed E-state index contributed by atoms with van der Waals surface area (Å²) in [6, 6.07) is 1.89. The van der Waals surface area contributed by atoms with Gasteiger partial charge < -0.3 is 15.1 Å². The van der Waals surface area contributed by atoms with E-state index in [-0.39, 0.29) is 11.8 Å². The monoisotopic (exact) mass is 274 g/mol. The number of nitrogens with zero attached hydrogens (tertiary/aromatic N) is 2. The molecule has 2 aromatic rings. The average Bonchev–Trinajstić information content (AvgIpc) is 3.16. The maximum absolute atomic E-state index is 12.2. The summed E-state index contributed by atoms with van der Waals surface area (Å²) in [5.74, 6) is 0.460. The van der Waals surface area contributed by atoms with E-state index in [4.69, 9.17) is 10.2 Å². The Morgan fingerprint density at radius 2 is 2.50 bits per heavy atom. The number of furan rings is 1. The normalized spacial score (nSPS) is 18.6. The van der Waals surface area contributed by atoms with Crippen LogP contribution < -0.4 is 5.73 Å². The van der Waals surface area contributed by atoms with E-state index in [1.165, 1.54) is 0 Å². The van der Waals surface area contributed by atoms with Crippen molar-refractivity contribution < 1.29 is 9.21 Å². The van der Waals surface area contributed by atoms with Gasteiger partial charge in [-0.25, -0.2) is 0 Å². The van der Waals surface area contributed by atoms with Gasteiger partial charge in [-0.1, -0.05) is 0 Å². The quantitative estimate of drug-likeness (QED) is 0.885. The Hall–Kier alpha value is -2.24. The fourth-order valence-electron chi connectivity index (χ4n) is 2.70. The van der Waals surface area contributed by atoms with Crippen molar-refractivity contribution in [2.45, 2.75) is 25.2 Å². The second kappa shape index (κ2) is 5.40. The third-order valence-corrected chi connectivity index (χ3v) is 3.86. The van der Waals surface area contributed by atoms with Crippen LogP contribution in [0, 0.1) is 0 Å². The van der Waals surface area contributed by atoms with Crippen molar-refractivity contribution in [3.05, 3.63) is 36.0 Å². The molecule has 0 aliphatic carbocycles. The highest BCUT2D eigenvalue weighted by Crippen LogP contribution is 2.29. The second-order valence-corrected chi connectivity index (χ2v) is 5.20. The van der Waals surface area contributed by atoms with Crippen LogP contribution in [0.4, 0.5) is 5.69 Å². The molecule has 1 atom stereocenters. The van der Waals surface area contributed by atoms with Crippen LogP contribution in [0.25, 0.3) is 0 Å². The topological polar surface area (TPSA) is 88.1 Å². The van der Waals surface area contributed by atoms with Crippen molar-refractivity contribution >= 4 is 11.6 Å². The van der Waals surface area contributed by atoms with Gasteiger partial charge in [-0.3, -0.25) is 9.89 Å². The third kappa shape index (κ3) is 2.54. The van der Waals surface area contributed by atoms with E-state index in [9.17, 15) is 4.79 Å². The van der Waals surface area contributed by atoms with Crippen LogP contribution >= 0.6 is 0 Å². The first-order valence-electron chi connectivity index (χ1n) is 6.81. The molecule has 20 heavy (non-hydrogen) atoms. The molecule has 0 radical (unpaired) electrons. The van der Waals surface area contributed by atoms with Gasteiger partial charge in [-0.05, 0) is 24.5 Å². The number of nitrogens with one attached hydrogen (secondary N) is 1. The van der Waals surface area contributed by atoms with Crippen LogP contribution in [0.5, 0.6) is 0 Å². The standard InChI is InChI=1S/C14H18N4O2/c15-12-7-16-17-14(12)11-3-5-18(8-11)13(19)2-1-10-4-6-20-9-10/h4,6-7,9,11H,1-3,5,8,15H2,(H,16,17). The zero-order chi connectivity index (χ0) is 13.9. The number of carbonyl (C=O) groups is 1. The summed E-state index contributed by atoms with van der Waals surface area (Å²) in [4.78, 5) is 14.1. The summed E-state index contributed by atoms with van der Waals surface area (Å²) >= 11 is 0. The molecular weight excluding hydrogens is 256 g/mol. The van der Waals surface area contributed by atoms with Crippen LogP contribution in [0.15, 0.2) is 29.2 Å². The molecule has 1 amide bonds. The molecule has 1 aliphatic heterocycles. The summed E-state index contributed by atoms with van der Waals surface area (Å²) in [6.07, 6.45) is 7.12. The van der Waals surface area contributed by atoms with Gasteiger partial charge in [-0.15, -0.1) is 0 Å². The zero-order valence-corrected chi connectivity index (χ0v) is 11.2. The molecule has 1 unspecified atom stereocenters. The molecule has 3 heterocycles. The van der Waals surface area contributed by atoms with Crippen molar-refractivity contribution in [2.75, 3.05) is 18.8 Å². The number of aromatic nitrogens is 2. The number of likely N-dealkylation sites (tertiary alicyclic amines) is 1. The van der Waals surface area contributed by atoms with Gasteiger partial charge in [0.15, 0.2) is 0 Å². The Morgan fingerprint density at radius 1 is 1.60 bits per heavy atom. The Bertz CT molecular complexity index is 576. The maximum atomic E-state index is 12.2. The number of carbonyl (C=O) groups excluding carboxylic acids is 1. The molecule has 0 bridgehead atoms. The highest BCUT2D eigenvalue weighted by molar-refractivity contribution is 5.77. The van der Waals surface area contributed by atoms with Crippen LogP contribution in [0.2, 0.25) is 0 Å². The number of rotatable bonds is 4. The minimum Gasteiger partial charge on any atom is -0.472 e. The summed E-state index contributed by atoms with van der Waals surface area (Å²) in [5.41, 5.74) is 8.56. The lowest BCUT2D eigenvalue weighted by Gasteiger charge is -2.16. The summed E-state index contributed by atoms with van der Waals surface area (Å²) in [6.45, 7) is 1.50. The van der Waals surface area contributed by atoms with Crippen LogP contribution in [0.3, 0.4) is 0 Å². The summed E-state index contributed by atoms with van der Waals surface area (Å²) in [7, 11) is 0. The third-order valence-electron chi connectivity index (χ3n) is 3.86. The molecule has 2 aromatic heterocycles. The van der Waals surface area contributed by atoms with Crippen molar-refractivity contribution in [3.63, 3.8) is 0 Å². The summed E-state index contributed by atoms with van der Waals surface area (Å²) in [5, 5.41) is 6.88. The number of H-pyrrole nitrogens is 1. The number of hydrogen-bond donors (Lipinski definition) is 2. The molecule has 1 fully saturated rings. The lowest BCUT2D eigenvalue weighted by atomic mass is 10.0. The molecule has 3 N–H and O–H groups in total. The molecule has 1 aliphatic rings. The van der Waals surface area contributed by atoms with Crippen molar-refractivity contribution in [2.24, 2.45) is 0 Å². The fourth-order valence-corrected chi connectivity index (χ4v) is 2.70. The van der Waals surface area contributed by atoms with Crippen molar-refractivity contribution in [1.29, 1.82) is 0 Å². The predicted octanol–water partition coefficient (Wildman–Crippen LogP) is 1.53. The first-order chi connectivity index (χ1) is 9.74. The van der Waals surface area contributed by atoms with E-state index in [1.807, 2.05) is 11.0 Å². The summed E-state index contributed by atoms with van der Waals surface area (Å²) < 4.78 is 5.00. The van der Waals surface area contributed by atoms with Gasteiger partial charge in [-0.2, -0.15) is 5.10 Å². The molecule has 6 nitrogen and oxygen atoms in total. The van der Waals surface area contributed by atoms with Gasteiger partial charge in [0, 0.05) is 25.4 Å². The van der Waals surface area contributed by atoms with E-state index in [1.54, 1.807) is 18.7 Å². The second-order valence-electron chi connectivity index (χ2n) is 5.20. The molecule has 3 rings (SSSR count). The van der Waals surface area contributed by atoms with E-state index < -0.39 is 0 Å². The fraction of sp³-hybridized carbons (Fsp3) is 0.429. The molecule has 1 saturated heterocycles. The minimum atomic E-state index is 0.187. The SMILES string of the molecule is Nc1cn[nH]c1C1CCN(C(=O)CCc2ccoc2)C1. The smallest absolute Gasteiger partial charge is 0.222 e. The lowest BCUT2D eigenvalue weighted by Crippen LogP contribution is -2.28. The first kappa shape index (κ1) is 12.8. The lowest BCUT2D eigenvalue weighted by molar-refractivity contribution is -0.130. The Labute approximate surface area is 116 Å². The van der Waals surface area contributed by atoms with E-state index in [0.717, 1.165) is 37.2 Å². The Balaban J connectivity index is 1.54. The van der Waals surface area contributed by atoms with Gasteiger partial charge >= 0.3 is 0 Å². The van der Waals surface area contributed by atoms with Crippen molar-refractivity contribution in [3.8, 4) is 0 Å². The maximum Gasteiger partial charge on any atom is 0.222 e. The van der Waals surface area contributed by atoms with E-state index in [0.29, 0.717) is 12.1 Å². The van der Waals surface area contributed by atoms with E-state index in [2.05, 4.69) is 10.2 Å². The molecule has 0 aromatic carbocycles. The highest BCUT2D eigenvalue weighted by Gasteiger charge is 2.29.